The first-order valence-corrected chi connectivity index (χ1v) is 12.1. The SMILES string of the molecule is FC1(F)CCN(Cc2cncc(-c3cnc4n[nH]c(-c5cc6c(-c7ccoc7)cccc6[nH]5)c4c3)c2)C1. The van der Waals surface area contributed by atoms with Crippen molar-refractivity contribution in [2.75, 3.05) is 13.1 Å². The zero-order valence-corrected chi connectivity index (χ0v) is 19.7. The highest BCUT2D eigenvalue weighted by Gasteiger charge is 2.37. The minimum absolute atomic E-state index is 0.0959. The summed E-state index contributed by atoms with van der Waals surface area (Å²) in [6, 6.07) is 14.2. The van der Waals surface area contributed by atoms with Gasteiger partial charge in [-0.2, -0.15) is 5.10 Å². The minimum atomic E-state index is -2.61. The molecule has 0 amide bonds. The van der Waals surface area contributed by atoms with Gasteiger partial charge in [-0.1, -0.05) is 12.1 Å². The van der Waals surface area contributed by atoms with Gasteiger partial charge in [0.2, 0.25) is 0 Å². The van der Waals surface area contributed by atoms with Crippen LogP contribution in [-0.2, 0) is 6.54 Å². The monoisotopic (exact) mass is 496 g/mol. The number of aromatic nitrogens is 5. The van der Waals surface area contributed by atoms with Crippen LogP contribution in [0, 0.1) is 0 Å². The van der Waals surface area contributed by atoms with Crippen LogP contribution in [0.2, 0.25) is 0 Å². The molecule has 6 heterocycles. The number of halogens is 2. The van der Waals surface area contributed by atoms with Crippen molar-refractivity contribution in [2.24, 2.45) is 0 Å². The van der Waals surface area contributed by atoms with Crippen LogP contribution in [0.4, 0.5) is 8.78 Å². The third-order valence-corrected chi connectivity index (χ3v) is 6.96. The molecule has 1 aliphatic heterocycles. The van der Waals surface area contributed by atoms with E-state index in [4.69, 9.17) is 4.42 Å². The smallest absolute Gasteiger partial charge is 0.261 e. The molecule has 7 nitrogen and oxygen atoms in total. The van der Waals surface area contributed by atoms with Crippen LogP contribution >= 0.6 is 0 Å². The molecular formula is C28H22F2N6O. The Morgan fingerprint density at radius 1 is 1.00 bits per heavy atom. The average molecular weight is 497 g/mol. The van der Waals surface area contributed by atoms with Crippen LogP contribution in [0.25, 0.3) is 55.6 Å². The van der Waals surface area contributed by atoms with E-state index in [9.17, 15) is 8.78 Å². The number of rotatable bonds is 5. The Bertz CT molecular complexity index is 1740. The van der Waals surface area contributed by atoms with Crippen LogP contribution in [0.3, 0.4) is 0 Å². The van der Waals surface area contributed by atoms with E-state index in [1.165, 1.54) is 0 Å². The molecule has 1 saturated heterocycles. The normalized spacial score (nSPS) is 15.7. The van der Waals surface area contributed by atoms with Crippen LogP contribution in [0.15, 0.2) is 78.0 Å². The number of likely N-dealkylation sites (tertiary alicyclic amines) is 1. The second-order valence-corrected chi connectivity index (χ2v) is 9.55. The molecule has 0 atom stereocenters. The van der Waals surface area contributed by atoms with Gasteiger partial charge in [-0.15, -0.1) is 0 Å². The van der Waals surface area contributed by atoms with Crippen molar-refractivity contribution < 1.29 is 13.2 Å². The summed E-state index contributed by atoms with van der Waals surface area (Å²) in [5, 5.41) is 9.50. The lowest BCUT2D eigenvalue weighted by Crippen LogP contribution is -2.24. The number of hydrogen-bond acceptors (Lipinski definition) is 5. The van der Waals surface area contributed by atoms with Crippen molar-refractivity contribution in [3.63, 3.8) is 0 Å². The second-order valence-electron chi connectivity index (χ2n) is 9.55. The molecule has 7 rings (SSSR count). The summed E-state index contributed by atoms with van der Waals surface area (Å²) < 4.78 is 32.5. The average Bonchev–Trinajstić information content (AvgIpc) is 3.69. The van der Waals surface area contributed by atoms with Gasteiger partial charge in [-0.05, 0) is 41.5 Å². The maximum Gasteiger partial charge on any atom is 0.261 e. The fourth-order valence-corrected chi connectivity index (χ4v) is 5.15. The summed E-state index contributed by atoms with van der Waals surface area (Å²) in [6.07, 6.45) is 8.58. The summed E-state index contributed by atoms with van der Waals surface area (Å²) in [5.74, 6) is -2.61. The van der Waals surface area contributed by atoms with Crippen LogP contribution < -0.4 is 0 Å². The van der Waals surface area contributed by atoms with E-state index in [1.807, 2.05) is 30.3 Å². The molecule has 2 N–H and O–H groups in total. The van der Waals surface area contributed by atoms with E-state index < -0.39 is 5.92 Å². The molecule has 1 fully saturated rings. The number of fused-ring (bicyclic) bond motifs is 2. The van der Waals surface area contributed by atoms with Gasteiger partial charge in [-0.3, -0.25) is 15.0 Å². The van der Waals surface area contributed by atoms with Crippen molar-refractivity contribution >= 4 is 21.9 Å². The summed E-state index contributed by atoms with van der Waals surface area (Å²) in [4.78, 5) is 14.2. The van der Waals surface area contributed by atoms with Crippen molar-refractivity contribution in [3.8, 4) is 33.6 Å². The number of pyridine rings is 2. The molecule has 184 valence electrons. The predicted octanol–water partition coefficient (Wildman–Crippen LogP) is 6.27. The van der Waals surface area contributed by atoms with E-state index >= 15 is 0 Å². The molecule has 1 aromatic carbocycles. The number of alkyl halides is 2. The summed E-state index contributed by atoms with van der Waals surface area (Å²) in [6.45, 7) is 0.614. The number of H-pyrrole nitrogens is 2. The van der Waals surface area contributed by atoms with E-state index in [1.54, 1.807) is 36.0 Å². The van der Waals surface area contributed by atoms with Gasteiger partial charge in [0.05, 0.1) is 30.5 Å². The van der Waals surface area contributed by atoms with Crippen LogP contribution in [0.1, 0.15) is 12.0 Å². The van der Waals surface area contributed by atoms with Gasteiger partial charge < -0.3 is 9.40 Å². The molecule has 9 heteroatoms. The lowest BCUT2D eigenvalue weighted by molar-refractivity contribution is 0.0115. The number of furan rings is 1. The van der Waals surface area contributed by atoms with Crippen LogP contribution in [-0.4, -0.2) is 49.1 Å². The topological polar surface area (TPSA) is 86.6 Å². The lowest BCUT2D eigenvalue weighted by Gasteiger charge is -2.15. The Labute approximate surface area is 210 Å². The Kier molecular flexibility index (Phi) is 4.93. The lowest BCUT2D eigenvalue weighted by atomic mass is 10.0. The fraction of sp³-hybridized carbons (Fsp3) is 0.179. The molecule has 0 unspecified atom stereocenters. The van der Waals surface area contributed by atoms with Gasteiger partial charge in [0.15, 0.2) is 5.65 Å². The number of nitrogens with one attached hydrogen (secondary N) is 2. The molecule has 5 aromatic heterocycles. The molecule has 0 spiro atoms. The standard InChI is InChI=1S/C28H22F2N6O/c29-28(30)5-6-36(16-28)14-17-8-19(12-31-11-17)20-9-23-26(34-35-27(23)32-13-20)25-10-22-21(18-4-7-37-15-18)2-1-3-24(22)33-25/h1-4,7-13,15,33H,5-6,14,16H2,(H,32,34,35). The number of aromatic amines is 2. The Balaban J connectivity index is 1.24. The Morgan fingerprint density at radius 2 is 1.92 bits per heavy atom. The number of nitrogens with zero attached hydrogens (tertiary/aromatic N) is 4. The largest absolute Gasteiger partial charge is 0.472 e. The van der Waals surface area contributed by atoms with Gasteiger partial charge in [-0.25, -0.2) is 13.8 Å². The van der Waals surface area contributed by atoms with E-state index in [0.717, 1.165) is 55.5 Å². The summed E-state index contributed by atoms with van der Waals surface area (Å²) in [5.41, 5.74) is 8.09. The van der Waals surface area contributed by atoms with Crippen molar-refractivity contribution in [3.05, 3.63) is 79.1 Å². The molecule has 1 aliphatic rings. The number of benzene rings is 1. The maximum atomic E-state index is 13.6. The van der Waals surface area contributed by atoms with Gasteiger partial charge >= 0.3 is 0 Å². The highest BCUT2D eigenvalue weighted by atomic mass is 19.3. The minimum Gasteiger partial charge on any atom is -0.472 e. The fourth-order valence-electron chi connectivity index (χ4n) is 5.15. The highest BCUT2D eigenvalue weighted by molar-refractivity contribution is 6.01. The molecule has 6 aromatic rings. The Hall–Kier alpha value is -4.37. The van der Waals surface area contributed by atoms with Crippen LogP contribution in [0.5, 0.6) is 0 Å². The van der Waals surface area contributed by atoms with E-state index in [0.29, 0.717) is 18.7 Å². The zero-order valence-electron chi connectivity index (χ0n) is 19.7. The quantitative estimate of drug-likeness (QED) is 0.294. The molecule has 37 heavy (non-hydrogen) atoms. The first kappa shape index (κ1) is 21.9. The second kappa shape index (κ2) is 8.35. The molecule has 0 saturated carbocycles. The molecule has 0 aliphatic carbocycles. The van der Waals surface area contributed by atoms with Crippen molar-refractivity contribution in [1.82, 2.24) is 30.0 Å². The van der Waals surface area contributed by atoms with E-state index in [2.05, 4.69) is 37.3 Å². The first-order chi connectivity index (χ1) is 18.0. The third kappa shape index (κ3) is 3.97. The summed E-state index contributed by atoms with van der Waals surface area (Å²) in [7, 11) is 0. The zero-order chi connectivity index (χ0) is 25.0. The molecular weight excluding hydrogens is 474 g/mol. The van der Waals surface area contributed by atoms with E-state index in [-0.39, 0.29) is 13.0 Å². The summed E-state index contributed by atoms with van der Waals surface area (Å²) >= 11 is 0. The number of hydrogen-bond donors (Lipinski definition) is 2. The molecule has 0 bridgehead atoms. The maximum absolute atomic E-state index is 13.6. The van der Waals surface area contributed by atoms with Gasteiger partial charge in [0.25, 0.3) is 5.92 Å². The predicted molar refractivity (Wildman–Crippen MR) is 137 cm³/mol. The highest BCUT2D eigenvalue weighted by Crippen LogP contribution is 2.35. The van der Waals surface area contributed by atoms with Gasteiger partial charge in [0.1, 0.15) is 0 Å². The van der Waals surface area contributed by atoms with Crippen molar-refractivity contribution in [2.45, 2.75) is 18.9 Å². The van der Waals surface area contributed by atoms with Crippen molar-refractivity contribution in [1.29, 1.82) is 0 Å². The van der Waals surface area contributed by atoms with Gasteiger partial charge in [0, 0.05) is 71.1 Å². The molecule has 0 radical (unpaired) electrons. The Morgan fingerprint density at radius 3 is 2.76 bits per heavy atom. The first-order valence-electron chi connectivity index (χ1n) is 12.1. The third-order valence-electron chi connectivity index (χ3n) is 6.96.